The average Bonchev–Trinajstić information content (AvgIpc) is 2.77. The summed E-state index contributed by atoms with van der Waals surface area (Å²) in [5, 5.41) is 0.688. The maximum Gasteiger partial charge on any atom is 0.216 e. The predicted molar refractivity (Wildman–Crippen MR) is 77.6 cm³/mol. The normalized spacial score (nSPS) is 18.1. The van der Waals surface area contributed by atoms with Crippen molar-refractivity contribution < 1.29 is 13.2 Å². The van der Waals surface area contributed by atoms with Crippen molar-refractivity contribution in [2.75, 3.05) is 24.2 Å². The second-order valence-corrected chi connectivity index (χ2v) is 7.81. The van der Waals surface area contributed by atoms with Crippen molar-refractivity contribution in [3.63, 3.8) is 0 Å². The minimum absolute atomic E-state index is 0.0799. The van der Waals surface area contributed by atoms with Gasteiger partial charge in [-0.05, 0) is 26.7 Å². The summed E-state index contributed by atoms with van der Waals surface area (Å²) in [6, 6.07) is 0.201. The summed E-state index contributed by atoms with van der Waals surface area (Å²) >= 11 is 3.34. The van der Waals surface area contributed by atoms with Gasteiger partial charge in [-0.1, -0.05) is 28.8 Å². The fourth-order valence-electron chi connectivity index (χ4n) is 2.33. The van der Waals surface area contributed by atoms with E-state index in [1.807, 2.05) is 13.8 Å². The van der Waals surface area contributed by atoms with Gasteiger partial charge in [-0.15, -0.1) is 0 Å². The first-order chi connectivity index (χ1) is 8.47. The van der Waals surface area contributed by atoms with Gasteiger partial charge in [0, 0.05) is 17.9 Å². The standard InChI is InChI=1S/C12H24BrNO3S/c1-11(2)17-9-10-18(15,16)14(8-7-13)12-5-3-4-6-12/h11-12H,3-10H2,1-2H3. The monoisotopic (exact) mass is 341 g/mol. The van der Waals surface area contributed by atoms with E-state index in [2.05, 4.69) is 15.9 Å². The summed E-state index contributed by atoms with van der Waals surface area (Å²) in [6.07, 6.45) is 4.36. The van der Waals surface area contributed by atoms with E-state index in [0.717, 1.165) is 25.7 Å². The molecule has 1 aliphatic carbocycles. The average molecular weight is 342 g/mol. The van der Waals surface area contributed by atoms with Crippen LogP contribution in [-0.4, -0.2) is 49.1 Å². The van der Waals surface area contributed by atoms with E-state index in [4.69, 9.17) is 4.74 Å². The van der Waals surface area contributed by atoms with Crippen LogP contribution in [0, 0.1) is 0 Å². The number of hydrogen-bond donors (Lipinski definition) is 0. The molecule has 1 rings (SSSR count). The molecule has 108 valence electrons. The molecular weight excluding hydrogens is 318 g/mol. The predicted octanol–water partition coefficient (Wildman–Crippen LogP) is 2.38. The second kappa shape index (κ2) is 7.82. The number of rotatable bonds is 8. The van der Waals surface area contributed by atoms with Crippen molar-refractivity contribution in [1.82, 2.24) is 4.31 Å². The van der Waals surface area contributed by atoms with E-state index in [9.17, 15) is 8.42 Å². The smallest absolute Gasteiger partial charge is 0.216 e. The number of nitrogens with zero attached hydrogens (tertiary/aromatic N) is 1. The van der Waals surface area contributed by atoms with Crippen LogP contribution in [0.25, 0.3) is 0 Å². The van der Waals surface area contributed by atoms with Crippen LogP contribution < -0.4 is 0 Å². The van der Waals surface area contributed by atoms with Crippen molar-refractivity contribution in [1.29, 1.82) is 0 Å². The zero-order valence-electron chi connectivity index (χ0n) is 11.3. The molecule has 0 atom stereocenters. The zero-order chi connectivity index (χ0) is 13.6. The summed E-state index contributed by atoms with van der Waals surface area (Å²) in [5.74, 6) is 0.0919. The molecule has 0 heterocycles. The Bertz CT molecular complexity index is 326. The number of sulfonamides is 1. The summed E-state index contributed by atoms with van der Waals surface area (Å²) in [7, 11) is -3.19. The molecule has 0 aromatic carbocycles. The highest BCUT2D eigenvalue weighted by Gasteiger charge is 2.31. The van der Waals surface area contributed by atoms with E-state index in [0.29, 0.717) is 11.9 Å². The van der Waals surface area contributed by atoms with E-state index in [1.165, 1.54) is 0 Å². The maximum atomic E-state index is 12.3. The van der Waals surface area contributed by atoms with Crippen LogP contribution in [0.2, 0.25) is 0 Å². The largest absolute Gasteiger partial charge is 0.378 e. The molecule has 0 spiro atoms. The number of hydrogen-bond acceptors (Lipinski definition) is 3. The molecule has 1 saturated carbocycles. The SMILES string of the molecule is CC(C)OCCS(=O)(=O)N(CCBr)C1CCCC1. The summed E-state index contributed by atoms with van der Waals surface area (Å²) in [5.41, 5.74) is 0. The molecule has 0 radical (unpaired) electrons. The van der Waals surface area contributed by atoms with Crippen molar-refractivity contribution in [3.05, 3.63) is 0 Å². The van der Waals surface area contributed by atoms with Gasteiger partial charge in [-0.25, -0.2) is 8.42 Å². The molecule has 6 heteroatoms. The maximum absolute atomic E-state index is 12.3. The molecule has 0 saturated heterocycles. The highest BCUT2D eigenvalue weighted by atomic mass is 79.9. The molecule has 0 unspecified atom stereocenters. The van der Waals surface area contributed by atoms with Gasteiger partial charge in [-0.2, -0.15) is 4.31 Å². The number of halogens is 1. The molecule has 18 heavy (non-hydrogen) atoms. The molecule has 1 aliphatic rings. The van der Waals surface area contributed by atoms with Gasteiger partial charge in [0.2, 0.25) is 10.0 Å². The van der Waals surface area contributed by atoms with E-state index < -0.39 is 10.0 Å². The first kappa shape index (κ1) is 16.4. The van der Waals surface area contributed by atoms with Gasteiger partial charge < -0.3 is 4.74 Å². The van der Waals surface area contributed by atoms with Crippen LogP contribution in [0.5, 0.6) is 0 Å². The zero-order valence-corrected chi connectivity index (χ0v) is 13.7. The Hall–Kier alpha value is 0.350. The van der Waals surface area contributed by atoms with Crippen LogP contribution in [0.4, 0.5) is 0 Å². The fourth-order valence-corrected chi connectivity index (χ4v) is 4.52. The van der Waals surface area contributed by atoms with Crippen molar-refractivity contribution >= 4 is 26.0 Å². The lowest BCUT2D eigenvalue weighted by Gasteiger charge is -2.27. The minimum atomic E-state index is -3.19. The van der Waals surface area contributed by atoms with Gasteiger partial charge in [0.25, 0.3) is 0 Å². The van der Waals surface area contributed by atoms with Crippen LogP contribution in [0.3, 0.4) is 0 Å². The van der Waals surface area contributed by atoms with Crippen molar-refractivity contribution in [2.24, 2.45) is 0 Å². The summed E-state index contributed by atoms with van der Waals surface area (Å²) < 4.78 is 31.7. The lowest BCUT2D eigenvalue weighted by Crippen LogP contribution is -2.42. The third-order valence-electron chi connectivity index (χ3n) is 3.19. The van der Waals surface area contributed by atoms with Gasteiger partial charge in [0.05, 0.1) is 18.5 Å². The molecule has 0 aromatic heterocycles. The van der Waals surface area contributed by atoms with E-state index in [-0.39, 0.29) is 24.5 Å². The Morgan fingerprint density at radius 1 is 1.33 bits per heavy atom. The van der Waals surface area contributed by atoms with Gasteiger partial charge in [0.15, 0.2) is 0 Å². The lowest BCUT2D eigenvalue weighted by molar-refractivity contribution is 0.0905. The van der Waals surface area contributed by atoms with Crippen LogP contribution >= 0.6 is 15.9 Å². The van der Waals surface area contributed by atoms with Crippen molar-refractivity contribution in [2.45, 2.75) is 51.7 Å². The van der Waals surface area contributed by atoms with Crippen LogP contribution in [0.1, 0.15) is 39.5 Å². The molecule has 0 aromatic rings. The Kier molecular flexibility index (Phi) is 7.13. The van der Waals surface area contributed by atoms with Crippen molar-refractivity contribution in [3.8, 4) is 0 Å². The minimum Gasteiger partial charge on any atom is -0.378 e. The van der Waals surface area contributed by atoms with Gasteiger partial charge >= 0.3 is 0 Å². The van der Waals surface area contributed by atoms with Crippen LogP contribution in [-0.2, 0) is 14.8 Å². The third kappa shape index (κ3) is 5.15. The first-order valence-corrected chi connectivity index (χ1v) is 9.37. The molecule has 0 aliphatic heterocycles. The Labute approximate surface area is 119 Å². The van der Waals surface area contributed by atoms with E-state index in [1.54, 1.807) is 4.31 Å². The Morgan fingerprint density at radius 3 is 2.44 bits per heavy atom. The quantitative estimate of drug-likeness (QED) is 0.637. The number of ether oxygens (including phenoxy) is 1. The summed E-state index contributed by atoms with van der Waals surface area (Å²) in [4.78, 5) is 0. The molecule has 0 bridgehead atoms. The Balaban J connectivity index is 2.58. The molecular formula is C12H24BrNO3S. The fraction of sp³-hybridized carbons (Fsp3) is 1.00. The summed E-state index contributed by atoms with van der Waals surface area (Å²) in [6.45, 7) is 4.68. The second-order valence-electron chi connectivity index (χ2n) is 4.97. The van der Waals surface area contributed by atoms with Crippen LogP contribution in [0.15, 0.2) is 0 Å². The lowest BCUT2D eigenvalue weighted by atomic mass is 10.2. The van der Waals surface area contributed by atoms with Gasteiger partial charge in [-0.3, -0.25) is 0 Å². The molecule has 0 amide bonds. The third-order valence-corrected chi connectivity index (χ3v) is 5.42. The molecule has 4 nitrogen and oxygen atoms in total. The molecule has 1 fully saturated rings. The molecule has 0 N–H and O–H groups in total. The topological polar surface area (TPSA) is 46.6 Å². The Morgan fingerprint density at radius 2 is 1.94 bits per heavy atom. The highest BCUT2D eigenvalue weighted by molar-refractivity contribution is 9.09. The van der Waals surface area contributed by atoms with Gasteiger partial charge in [0.1, 0.15) is 0 Å². The number of alkyl halides is 1. The first-order valence-electron chi connectivity index (χ1n) is 6.64. The van der Waals surface area contributed by atoms with E-state index >= 15 is 0 Å². The highest BCUT2D eigenvalue weighted by Crippen LogP contribution is 2.25.